The fourth-order valence-corrected chi connectivity index (χ4v) is 2.12. The van der Waals surface area contributed by atoms with Crippen LogP contribution in [0.1, 0.15) is 11.1 Å². The maximum Gasteiger partial charge on any atom is 0.334 e. The first-order chi connectivity index (χ1) is 8.70. The number of ketones is 1. The highest BCUT2D eigenvalue weighted by Crippen LogP contribution is 2.38. The minimum atomic E-state index is -2.37. The third-order valence-electron chi connectivity index (χ3n) is 3.08. The second-order valence-electron chi connectivity index (χ2n) is 4.27. The van der Waals surface area contributed by atoms with Crippen molar-refractivity contribution in [3.63, 3.8) is 0 Å². The van der Waals surface area contributed by atoms with Gasteiger partial charge in [0.2, 0.25) is 5.78 Å². The van der Waals surface area contributed by atoms with Crippen molar-refractivity contribution in [2.75, 3.05) is 0 Å². The molecule has 0 N–H and O–H groups in total. The van der Waals surface area contributed by atoms with E-state index in [1.807, 2.05) is 6.07 Å². The van der Waals surface area contributed by atoms with E-state index in [4.69, 9.17) is 4.74 Å². The molecule has 3 rings (SSSR count). The number of halogens is 1. The van der Waals surface area contributed by atoms with Gasteiger partial charge in [-0.1, -0.05) is 48.5 Å². The molecule has 2 nitrogen and oxygen atoms in total. The molecule has 0 bridgehead atoms. The van der Waals surface area contributed by atoms with Crippen molar-refractivity contribution in [1.82, 2.24) is 0 Å². The van der Waals surface area contributed by atoms with E-state index in [0.717, 1.165) is 5.56 Å². The van der Waals surface area contributed by atoms with Gasteiger partial charge in [-0.05, 0) is 6.07 Å². The molecule has 0 spiro atoms. The maximum absolute atomic E-state index is 14.8. The van der Waals surface area contributed by atoms with Gasteiger partial charge in [-0.15, -0.1) is 0 Å². The van der Waals surface area contributed by atoms with Gasteiger partial charge in [0.25, 0.3) is 0 Å². The van der Waals surface area contributed by atoms with Crippen molar-refractivity contribution in [2.24, 2.45) is 0 Å². The lowest BCUT2D eigenvalue weighted by Crippen LogP contribution is -2.41. The SMILES string of the molecule is O=C1Cc2ccccc2OC1(F)c1ccccc1. The Balaban J connectivity index is 2.07. The summed E-state index contributed by atoms with van der Waals surface area (Å²) in [7, 11) is 0. The number of alkyl halides is 1. The van der Waals surface area contributed by atoms with Crippen molar-refractivity contribution >= 4 is 5.78 Å². The largest absolute Gasteiger partial charge is 0.447 e. The molecule has 0 radical (unpaired) electrons. The highest BCUT2D eigenvalue weighted by Gasteiger charge is 2.46. The number of hydrogen-bond donors (Lipinski definition) is 0. The van der Waals surface area contributed by atoms with Crippen LogP contribution in [0, 0.1) is 0 Å². The molecule has 0 saturated heterocycles. The molecular formula is C15H11FO2. The number of benzene rings is 2. The predicted octanol–water partition coefficient (Wildman–Crippen LogP) is 3.01. The van der Waals surface area contributed by atoms with Crippen molar-refractivity contribution in [1.29, 1.82) is 0 Å². The molecule has 1 aliphatic heterocycles. The number of ether oxygens (including phenoxy) is 1. The molecular weight excluding hydrogens is 231 g/mol. The summed E-state index contributed by atoms with van der Waals surface area (Å²) in [5.74, 6) is -2.49. The summed E-state index contributed by atoms with van der Waals surface area (Å²) in [6.45, 7) is 0. The normalized spacial score (nSPS) is 22.2. The maximum atomic E-state index is 14.8. The van der Waals surface area contributed by atoms with Crippen LogP contribution in [-0.2, 0) is 17.1 Å². The summed E-state index contributed by atoms with van der Waals surface area (Å²) >= 11 is 0. The first-order valence-electron chi connectivity index (χ1n) is 5.75. The van der Waals surface area contributed by atoms with Crippen LogP contribution in [-0.4, -0.2) is 5.78 Å². The topological polar surface area (TPSA) is 26.3 Å². The molecule has 1 heterocycles. The van der Waals surface area contributed by atoms with E-state index in [9.17, 15) is 9.18 Å². The van der Waals surface area contributed by atoms with Crippen LogP contribution in [0.25, 0.3) is 0 Å². The molecule has 18 heavy (non-hydrogen) atoms. The third kappa shape index (κ3) is 1.59. The van der Waals surface area contributed by atoms with Gasteiger partial charge in [-0.3, -0.25) is 4.79 Å². The molecule has 1 unspecified atom stereocenters. The Labute approximate surface area is 104 Å². The summed E-state index contributed by atoms with van der Waals surface area (Å²) in [6.07, 6.45) is 0.0571. The standard InChI is InChI=1S/C15H11FO2/c16-15(12-7-2-1-3-8-12)14(17)10-11-6-4-5-9-13(11)18-15/h1-9H,10H2. The third-order valence-corrected chi connectivity index (χ3v) is 3.08. The monoisotopic (exact) mass is 242 g/mol. The molecule has 0 aliphatic carbocycles. The molecule has 2 aromatic carbocycles. The van der Waals surface area contributed by atoms with Gasteiger partial charge in [0.05, 0.1) is 0 Å². The van der Waals surface area contributed by atoms with Gasteiger partial charge in [0.1, 0.15) is 5.75 Å². The first kappa shape index (κ1) is 11.0. The Bertz CT molecular complexity index is 594. The fourth-order valence-electron chi connectivity index (χ4n) is 2.12. The summed E-state index contributed by atoms with van der Waals surface area (Å²) in [5, 5.41) is 0. The molecule has 0 fully saturated rings. The second kappa shape index (κ2) is 3.95. The number of rotatable bonds is 1. The van der Waals surface area contributed by atoms with Gasteiger partial charge in [-0.25, -0.2) is 0 Å². The van der Waals surface area contributed by atoms with Crippen molar-refractivity contribution in [2.45, 2.75) is 12.3 Å². The summed E-state index contributed by atoms with van der Waals surface area (Å²) < 4.78 is 20.1. The highest BCUT2D eigenvalue weighted by atomic mass is 19.2. The second-order valence-corrected chi connectivity index (χ2v) is 4.27. The first-order valence-corrected chi connectivity index (χ1v) is 5.75. The van der Waals surface area contributed by atoms with Gasteiger partial charge < -0.3 is 4.74 Å². The van der Waals surface area contributed by atoms with Crippen LogP contribution in [0.2, 0.25) is 0 Å². The Morgan fingerprint density at radius 1 is 1.00 bits per heavy atom. The number of carbonyl (C=O) groups is 1. The van der Waals surface area contributed by atoms with Gasteiger partial charge in [0, 0.05) is 17.5 Å². The van der Waals surface area contributed by atoms with Crippen LogP contribution in [0.15, 0.2) is 54.6 Å². The highest BCUT2D eigenvalue weighted by molar-refractivity contribution is 5.91. The number of para-hydroxylation sites is 1. The summed E-state index contributed by atoms with van der Waals surface area (Å²) in [6, 6.07) is 15.3. The van der Waals surface area contributed by atoms with Crippen LogP contribution in [0.5, 0.6) is 5.75 Å². The molecule has 90 valence electrons. The van der Waals surface area contributed by atoms with Gasteiger partial charge in [-0.2, -0.15) is 4.39 Å². The lowest BCUT2D eigenvalue weighted by Gasteiger charge is -2.30. The number of Topliss-reactive ketones (excluding diaryl/α,β-unsaturated/α-hetero) is 1. The quantitative estimate of drug-likeness (QED) is 0.768. The molecule has 2 aromatic rings. The zero-order chi connectivity index (χ0) is 12.6. The van der Waals surface area contributed by atoms with Crippen molar-refractivity contribution < 1.29 is 13.9 Å². The lowest BCUT2D eigenvalue weighted by molar-refractivity contribution is -0.156. The number of carbonyl (C=O) groups excluding carboxylic acids is 1. The van der Waals surface area contributed by atoms with E-state index in [1.54, 1.807) is 48.5 Å². The van der Waals surface area contributed by atoms with Crippen LogP contribution < -0.4 is 4.74 Å². The van der Waals surface area contributed by atoms with E-state index in [2.05, 4.69) is 0 Å². The Hall–Kier alpha value is -2.16. The van der Waals surface area contributed by atoms with Crippen LogP contribution in [0.4, 0.5) is 4.39 Å². The molecule has 3 heteroatoms. The molecule has 1 aliphatic rings. The summed E-state index contributed by atoms with van der Waals surface area (Å²) in [4.78, 5) is 12.0. The average Bonchev–Trinajstić information content (AvgIpc) is 2.41. The van der Waals surface area contributed by atoms with Gasteiger partial charge >= 0.3 is 5.85 Å². The van der Waals surface area contributed by atoms with E-state index in [0.29, 0.717) is 5.75 Å². The molecule has 0 amide bonds. The molecule has 1 atom stereocenters. The zero-order valence-electron chi connectivity index (χ0n) is 9.60. The van der Waals surface area contributed by atoms with Crippen LogP contribution in [0.3, 0.4) is 0 Å². The lowest BCUT2D eigenvalue weighted by atomic mass is 9.94. The van der Waals surface area contributed by atoms with Crippen molar-refractivity contribution in [3.8, 4) is 5.75 Å². The average molecular weight is 242 g/mol. The number of hydrogen-bond acceptors (Lipinski definition) is 2. The zero-order valence-corrected chi connectivity index (χ0v) is 9.60. The van der Waals surface area contributed by atoms with E-state index in [1.165, 1.54) is 0 Å². The van der Waals surface area contributed by atoms with Crippen LogP contribution >= 0.6 is 0 Å². The predicted molar refractivity (Wildman–Crippen MR) is 65.0 cm³/mol. The Kier molecular flexibility index (Phi) is 2.40. The Morgan fingerprint density at radius 3 is 2.44 bits per heavy atom. The molecule has 0 aromatic heterocycles. The fraction of sp³-hybridized carbons (Fsp3) is 0.133. The minimum Gasteiger partial charge on any atom is -0.447 e. The van der Waals surface area contributed by atoms with Gasteiger partial charge in [0.15, 0.2) is 0 Å². The van der Waals surface area contributed by atoms with E-state index in [-0.39, 0.29) is 12.0 Å². The van der Waals surface area contributed by atoms with E-state index >= 15 is 0 Å². The Morgan fingerprint density at radius 2 is 1.67 bits per heavy atom. The van der Waals surface area contributed by atoms with Crippen molar-refractivity contribution in [3.05, 3.63) is 65.7 Å². The minimum absolute atomic E-state index is 0.0571. The molecule has 0 saturated carbocycles. The van der Waals surface area contributed by atoms with E-state index < -0.39 is 11.6 Å². The smallest absolute Gasteiger partial charge is 0.334 e. The summed E-state index contributed by atoms with van der Waals surface area (Å²) in [5.41, 5.74) is 0.969. The number of fused-ring (bicyclic) bond motifs is 1.